The van der Waals surface area contributed by atoms with E-state index in [-0.39, 0.29) is 0 Å². The van der Waals surface area contributed by atoms with Gasteiger partial charge in [-0.15, -0.1) is 0 Å². The maximum absolute atomic E-state index is 6.06. The van der Waals surface area contributed by atoms with Crippen LogP contribution in [-0.2, 0) is 12.8 Å². The lowest BCUT2D eigenvalue weighted by atomic mass is 9.99. The summed E-state index contributed by atoms with van der Waals surface area (Å²) in [6, 6.07) is 4.13. The summed E-state index contributed by atoms with van der Waals surface area (Å²) in [5.41, 5.74) is 4.08. The molecular weight excluding hydrogens is 168 g/mol. The Kier molecular flexibility index (Phi) is 3.16. The van der Waals surface area contributed by atoms with Gasteiger partial charge in [0.25, 0.3) is 0 Å². The SMILES string of the molecule is CCc1ccc(Cl)c(CC)c1C. The molecule has 0 bridgehead atoms. The molecule has 0 aliphatic rings. The van der Waals surface area contributed by atoms with Crippen molar-refractivity contribution in [2.24, 2.45) is 0 Å². The second-order valence-electron chi connectivity index (χ2n) is 3.02. The standard InChI is InChI=1S/C11H15Cl/c1-4-9-6-7-11(12)10(5-2)8(9)3/h6-7H,4-5H2,1-3H3. The first-order chi connectivity index (χ1) is 5.70. The monoisotopic (exact) mass is 182 g/mol. The van der Waals surface area contributed by atoms with Gasteiger partial charge in [-0.05, 0) is 42.5 Å². The number of hydrogen-bond acceptors (Lipinski definition) is 0. The molecule has 0 aromatic heterocycles. The predicted molar refractivity (Wildman–Crippen MR) is 54.9 cm³/mol. The van der Waals surface area contributed by atoms with Gasteiger partial charge in [0, 0.05) is 5.02 Å². The molecule has 1 heteroatoms. The van der Waals surface area contributed by atoms with Crippen LogP contribution in [0.25, 0.3) is 0 Å². The van der Waals surface area contributed by atoms with Crippen molar-refractivity contribution in [2.45, 2.75) is 33.6 Å². The van der Waals surface area contributed by atoms with Crippen LogP contribution in [0.3, 0.4) is 0 Å². The van der Waals surface area contributed by atoms with Crippen molar-refractivity contribution in [1.29, 1.82) is 0 Å². The van der Waals surface area contributed by atoms with Crippen LogP contribution in [0.4, 0.5) is 0 Å². The second kappa shape index (κ2) is 3.95. The highest BCUT2D eigenvalue weighted by atomic mass is 35.5. The fourth-order valence-electron chi connectivity index (χ4n) is 1.59. The van der Waals surface area contributed by atoms with E-state index in [0.29, 0.717) is 0 Å². The van der Waals surface area contributed by atoms with Crippen LogP contribution in [0.5, 0.6) is 0 Å². The van der Waals surface area contributed by atoms with E-state index in [1.54, 1.807) is 0 Å². The summed E-state index contributed by atoms with van der Waals surface area (Å²) in [5.74, 6) is 0. The smallest absolute Gasteiger partial charge is 0.0440 e. The summed E-state index contributed by atoms with van der Waals surface area (Å²) in [7, 11) is 0. The van der Waals surface area contributed by atoms with Crippen LogP contribution < -0.4 is 0 Å². The highest BCUT2D eigenvalue weighted by Crippen LogP contribution is 2.23. The van der Waals surface area contributed by atoms with Crippen LogP contribution in [0.1, 0.15) is 30.5 Å². The highest BCUT2D eigenvalue weighted by Gasteiger charge is 2.04. The summed E-state index contributed by atoms with van der Waals surface area (Å²) >= 11 is 6.06. The molecule has 0 aliphatic heterocycles. The maximum atomic E-state index is 6.06. The molecule has 0 amide bonds. The van der Waals surface area contributed by atoms with Gasteiger partial charge in [-0.1, -0.05) is 31.5 Å². The summed E-state index contributed by atoms with van der Waals surface area (Å²) in [6.07, 6.45) is 2.12. The van der Waals surface area contributed by atoms with Gasteiger partial charge in [-0.2, -0.15) is 0 Å². The molecule has 1 aromatic rings. The van der Waals surface area contributed by atoms with Crippen LogP contribution in [0.2, 0.25) is 5.02 Å². The third-order valence-electron chi connectivity index (χ3n) is 2.39. The molecule has 0 unspecified atom stereocenters. The van der Waals surface area contributed by atoms with Gasteiger partial charge in [-0.3, -0.25) is 0 Å². The lowest BCUT2D eigenvalue weighted by molar-refractivity contribution is 1.05. The van der Waals surface area contributed by atoms with Gasteiger partial charge < -0.3 is 0 Å². The zero-order chi connectivity index (χ0) is 9.14. The molecule has 0 fully saturated rings. The zero-order valence-electron chi connectivity index (χ0n) is 7.95. The lowest BCUT2D eigenvalue weighted by Gasteiger charge is -2.09. The predicted octanol–water partition coefficient (Wildman–Crippen LogP) is 3.77. The van der Waals surface area contributed by atoms with Crippen LogP contribution in [0, 0.1) is 6.92 Å². The maximum Gasteiger partial charge on any atom is 0.0440 e. The number of benzene rings is 1. The van der Waals surface area contributed by atoms with E-state index in [1.165, 1.54) is 16.7 Å². The summed E-state index contributed by atoms with van der Waals surface area (Å²) < 4.78 is 0. The normalized spacial score (nSPS) is 10.3. The Bertz CT molecular complexity index is 277. The summed E-state index contributed by atoms with van der Waals surface area (Å²) in [6.45, 7) is 6.48. The molecule has 0 saturated heterocycles. The van der Waals surface area contributed by atoms with Crippen molar-refractivity contribution < 1.29 is 0 Å². The van der Waals surface area contributed by atoms with E-state index < -0.39 is 0 Å². The fourth-order valence-corrected chi connectivity index (χ4v) is 1.93. The van der Waals surface area contributed by atoms with Gasteiger partial charge in [0.05, 0.1) is 0 Å². The molecule has 1 aromatic carbocycles. The molecule has 1 rings (SSSR count). The first kappa shape index (κ1) is 9.60. The van der Waals surface area contributed by atoms with Gasteiger partial charge in [0.2, 0.25) is 0 Å². The average Bonchev–Trinajstić information content (AvgIpc) is 2.06. The van der Waals surface area contributed by atoms with Gasteiger partial charge in [0.15, 0.2) is 0 Å². The molecule has 0 radical (unpaired) electrons. The van der Waals surface area contributed by atoms with E-state index in [0.717, 1.165) is 17.9 Å². The summed E-state index contributed by atoms with van der Waals surface area (Å²) in [4.78, 5) is 0. The van der Waals surface area contributed by atoms with Crippen LogP contribution in [0.15, 0.2) is 12.1 Å². The Labute approximate surface area is 79.6 Å². The average molecular weight is 183 g/mol. The van der Waals surface area contributed by atoms with Crippen molar-refractivity contribution in [2.75, 3.05) is 0 Å². The Hall–Kier alpha value is -0.490. The van der Waals surface area contributed by atoms with E-state index in [4.69, 9.17) is 11.6 Å². The number of hydrogen-bond donors (Lipinski definition) is 0. The molecule has 66 valence electrons. The molecule has 0 heterocycles. The first-order valence-corrected chi connectivity index (χ1v) is 4.85. The third kappa shape index (κ3) is 1.64. The Morgan fingerprint density at radius 1 is 1.17 bits per heavy atom. The summed E-state index contributed by atoms with van der Waals surface area (Å²) in [5, 5.41) is 0.909. The van der Waals surface area contributed by atoms with Crippen LogP contribution in [-0.4, -0.2) is 0 Å². The number of rotatable bonds is 2. The minimum Gasteiger partial charge on any atom is -0.0840 e. The third-order valence-corrected chi connectivity index (χ3v) is 2.74. The molecule has 0 N–H and O–H groups in total. The molecule has 0 spiro atoms. The second-order valence-corrected chi connectivity index (χ2v) is 3.42. The van der Waals surface area contributed by atoms with Crippen molar-refractivity contribution in [1.82, 2.24) is 0 Å². The lowest BCUT2D eigenvalue weighted by Crippen LogP contribution is -1.93. The van der Waals surface area contributed by atoms with Crippen molar-refractivity contribution in [3.8, 4) is 0 Å². The zero-order valence-corrected chi connectivity index (χ0v) is 8.70. The Balaban J connectivity index is 3.24. The van der Waals surface area contributed by atoms with Crippen molar-refractivity contribution in [3.05, 3.63) is 33.8 Å². The van der Waals surface area contributed by atoms with Crippen molar-refractivity contribution in [3.63, 3.8) is 0 Å². The van der Waals surface area contributed by atoms with E-state index >= 15 is 0 Å². The Morgan fingerprint density at radius 2 is 1.83 bits per heavy atom. The van der Waals surface area contributed by atoms with Crippen LogP contribution >= 0.6 is 11.6 Å². The minimum atomic E-state index is 0.909. The molecule has 12 heavy (non-hydrogen) atoms. The van der Waals surface area contributed by atoms with Gasteiger partial charge >= 0.3 is 0 Å². The van der Waals surface area contributed by atoms with E-state index in [9.17, 15) is 0 Å². The highest BCUT2D eigenvalue weighted by molar-refractivity contribution is 6.31. The molecule has 0 atom stereocenters. The van der Waals surface area contributed by atoms with Gasteiger partial charge in [0.1, 0.15) is 0 Å². The number of aryl methyl sites for hydroxylation is 1. The van der Waals surface area contributed by atoms with E-state index in [1.807, 2.05) is 6.07 Å². The molecule has 0 aliphatic carbocycles. The number of halogens is 1. The Morgan fingerprint density at radius 3 is 2.33 bits per heavy atom. The largest absolute Gasteiger partial charge is 0.0840 e. The topological polar surface area (TPSA) is 0 Å². The molecule has 0 saturated carbocycles. The quantitative estimate of drug-likeness (QED) is 0.653. The molecule has 0 nitrogen and oxygen atoms in total. The minimum absolute atomic E-state index is 0.909. The van der Waals surface area contributed by atoms with Gasteiger partial charge in [-0.25, -0.2) is 0 Å². The molecular formula is C11H15Cl. The van der Waals surface area contributed by atoms with E-state index in [2.05, 4.69) is 26.8 Å². The fraction of sp³-hybridized carbons (Fsp3) is 0.455. The van der Waals surface area contributed by atoms with Crippen molar-refractivity contribution >= 4 is 11.6 Å². The first-order valence-electron chi connectivity index (χ1n) is 4.47.